The van der Waals surface area contributed by atoms with E-state index in [2.05, 4.69) is 12.2 Å². The van der Waals surface area contributed by atoms with Gasteiger partial charge in [-0.2, -0.15) is 4.31 Å². The van der Waals surface area contributed by atoms with Crippen LogP contribution < -0.4 is 5.32 Å². The third kappa shape index (κ3) is 3.70. The van der Waals surface area contributed by atoms with Crippen molar-refractivity contribution >= 4 is 33.0 Å². The Bertz CT molecular complexity index is 516. The number of hydrogen-bond acceptors (Lipinski definition) is 4. The van der Waals surface area contributed by atoms with E-state index in [9.17, 15) is 8.42 Å². The molecule has 1 aliphatic rings. The molecule has 1 atom stereocenters. The lowest BCUT2D eigenvalue weighted by molar-refractivity contribution is 0.284. The van der Waals surface area contributed by atoms with E-state index < -0.39 is 10.0 Å². The van der Waals surface area contributed by atoms with Gasteiger partial charge in [-0.3, -0.25) is 0 Å². The fraction of sp³-hybridized carbons (Fsp3) is 0.667. The van der Waals surface area contributed by atoms with E-state index in [1.165, 1.54) is 0 Å². The Kier molecular flexibility index (Phi) is 5.25. The molecule has 0 amide bonds. The van der Waals surface area contributed by atoms with E-state index in [-0.39, 0.29) is 6.04 Å². The number of rotatable bonds is 5. The standard InChI is InChI=1S/C12H19ClN2O2S2/c1-2-7-14-10-4-3-8-15(9-10)19(16,17)12-6-5-11(13)18-12/h5-6,10,14H,2-4,7-9H2,1H3. The van der Waals surface area contributed by atoms with Gasteiger partial charge in [0, 0.05) is 19.1 Å². The summed E-state index contributed by atoms with van der Waals surface area (Å²) in [6.45, 7) is 4.20. The summed E-state index contributed by atoms with van der Waals surface area (Å²) >= 11 is 6.95. The highest BCUT2D eigenvalue weighted by atomic mass is 35.5. The average Bonchev–Trinajstić information content (AvgIpc) is 2.84. The minimum Gasteiger partial charge on any atom is -0.313 e. The van der Waals surface area contributed by atoms with Crippen LogP contribution in [-0.4, -0.2) is 38.4 Å². The molecule has 7 heteroatoms. The van der Waals surface area contributed by atoms with E-state index in [1.807, 2.05) is 0 Å². The summed E-state index contributed by atoms with van der Waals surface area (Å²) in [5.74, 6) is 0. The van der Waals surface area contributed by atoms with Gasteiger partial charge in [0.05, 0.1) is 4.34 Å². The number of hydrogen-bond donors (Lipinski definition) is 1. The summed E-state index contributed by atoms with van der Waals surface area (Å²) < 4.78 is 27.4. The zero-order chi connectivity index (χ0) is 13.9. The van der Waals surface area contributed by atoms with Gasteiger partial charge in [-0.1, -0.05) is 18.5 Å². The molecular formula is C12H19ClN2O2S2. The van der Waals surface area contributed by atoms with Gasteiger partial charge in [0.25, 0.3) is 10.0 Å². The van der Waals surface area contributed by atoms with Crippen LogP contribution in [0.2, 0.25) is 4.34 Å². The molecule has 0 radical (unpaired) electrons. The van der Waals surface area contributed by atoms with Gasteiger partial charge in [-0.15, -0.1) is 11.3 Å². The third-order valence-corrected chi connectivity index (χ3v) is 6.77. The van der Waals surface area contributed by atoms with Crippen molar-refractivity contribution in [3.8, 4) is 0 Å². The molecule has 0 spiro atoms. The second-order valence-electron chi connectivity index (χ2n) is 4.71. The van der Waals surface area contributed by atoms with E-state index in [1.54, 1.807) is 16.4 Å². The largest absolute Gasteiger partial charge is 0.313 e. The smallest absolute Gasteiger partial charge is 0.252 e. The molecule has 1 fully saturated rings. The van der Waals surface area contributed by atoms with Crippen molar-refractivity contribution < 1.29 is 8.42 Å². The fourth-order valence-electron chi connectivity index (χ4n) is 2.24. The minimum absolute atomic E-state index is 0.263. The quantitative estimate of drug-likeness (QED) is 0.906. The maximum atomic E-state index is 12.5. The summed E-state index contributed by atoms with van der Waals surface area (Å²) in [7, 11) is -3.37. The van der Waals surface area contributed by atoms with Crippen LogP contribution in [0.3, 0.4) is 0 Å². The number of thiophene rings is 1. The first-order chi connectivity index (χ1) is 9.04. The summed E-state index contributed by atoms with van der Waals surface area (Å²) in [4.78, 5) is 0. The van der Waals surface area contributed by atoms with E-state index in [0.717, 1.165) is 37.1 Å². The summed E-state index contributed by atoms with van der Waals surface area (Å²) in [6.07, 6.45) is 3.00. The summed E-state index contributed by atoms with van der Waals surface area (Å²) in [5, 5.41) is 3.40. The van der Waals surface area contributed by atoms with Crippen molar-refractivity contribution in [2.45, 2.75) is 36.4 Å². The highest BCUT2D eigenvalue weighted by molar-refractivity contribution is 7.91. The first kappa shape index (κ1) is 15.3. The van der Waals surface area contributed by atoms with Crippen molar-refractivity contribution in [1.82, 2.24) is 9.62 Å². The normalized spacial score (nSPS) is 21.7. The van der Waals surface area contributed by atoms with Crippen LogP contribution in [0.5, 0.6) is 0 Å². The lowest BCUT2D eigenvalue weighted by Gasteiger charge is -2.32. The van der Waals surface area contributed by atoms with Gasteiger partial charge >= 0.3 is 0 Å². The first-order valence-electron chi connectivity index (χ1n) is 6.53. The van der Waals surface area contributed by atoms with Crippen molar-refractivity contribution in [2.24, 2.45) is 0 Å². The molecular weight excluding hydrogens is 304 g/mol. The van der Waals surface area contributed by atoms with Gasteiger partial charge in [-0.05, 0) is 37.9 Å². The molecule has 4 nitrogen and oxygen atoms in total. The van der Waals surface area contributed by atoms with Gasteiger partial charge in [0.15, 0.2) is 0 Å². The zero-order valence-corrected chi connectivity index (χ0v) is 13.3. The fourth-order valence-corrected chi connectivity index (χ4v) is 5.40. The Labute approximate surface area is 123 Å². The summed E-state index contributed by atoms with van der Waals surface area (Å²) in [6, 6.07) is 3.49. The molecule has 1 aromatic heterocycles. The number of sulfonamides is 1. The van der Waals surface area contributed by atoms with Crippen LogP contribution in [-0.2, 0) is 10.0 Å². The van der Waals surface area contributed by atoms with Crippen molar-refractivity contribution in [3.05, 3.63) is 16.5 Å². The van der Waals surface area contributed by atoms with Crippen LogP contribution in [0, 0.1) is 0 Å². The molecule has 0 saturated carbocycles. The monoisotopic (exact) mass is 322 g/mol. The van der Waals surface area contributed by atoms with E-state index in [0.29, 0.717) is 21.6 Å². The SMILES string of the molecule is CCCNC1CCCN(S(=O)(=O)c2ccc(Cl)s2)C1. The molecule has 1 saturated heterocycles. The second-order valence-corrected chi connectivity index (χ2v) is 8.59. The van der Waals surface area contributed by atoms with Crippen molar-refractivity contribution in [3.63, 3.8) is 0 Å². The van der Waals surface area contributed by atoms with Crippen molar-refractivity contribution in [1.29, 1.82) is 0 Å². The molecule has 2 rings (SSSR count). The zero-order valence-electron chi connectivity index (χ0n) is 10.9. The van der Waals surface area contributed by atoms with Crippen LogP contribution in [0.4, 0.5) is 0 Å². The number of halogens is 1. The van der Waals surface area contributed by atoms with Gasteiger partial charge < -0.3 is 5.32 Å². The molecule has 1 aromatic rings. The highest BCUT2D eigenvalue weighted by Crippen LogP contribution is 2.29. The Hall–Kier alpha value is -0.140. The van der Waals surface area contributed by atoms with Crippen LogP contribution in [0.15, 0.2) is 16.3 Å². The Balaban J connectivity index is 2.08. The van der Waals surface area contributed by atoms with Crippen molar-refractivity contribution in [2.75, 3.05) is 19.6 Å². The molecule has 1 unspecified atom stereocenters. The number of piperidine rings is 1. The topological polar surface area (TPSA) is 49.4 Å². The molecule has 108 valence electrons. The number of nitrogens with one attached hydrogen (secondary N) is 1. The first-order valence-corrected chi connectivity index (χ1v) is 9.16. The average molecular weight is 323 g/mol. The molecule has 19 heavy (non-hydrogen) atoms. The maximum Gasteiger partial charge on any atom is 0.252 e. The van der Waals surface area contributed by atoms with Crippen LogP contribution in [0.1, 0.15) is 26.2 Å². The predicted octanol–water partition coefficient (Wildman–Crippen LogP) is 2.55. The molecule has 0 bridgehead atoms. The third-order valence-electron chi connectivity index (χ3n) is 3.21. The molecule has 0 aromatic carbocycles. The Morgan fingerprint density at radius 1 is 1.53 bits per heavy atom. The molecule has 1 aliphatic heterocycles. The Morgan fingerprint density at radius 3 is 2.95 bits per heavy atom. The molecule has 2 heterocycles. The predicted molar refractivity (Wildman–Crippen MR) is 79.4 cm³/mol. The van der Waals surface area contributed by atoms with Crippen LogP contribution in [0.25, 0.3) is 0 Å². The lowest BCUT2D eigenvalue weighted by atomic mass is 10.1. The van der Waals surface area contributed by atoms with Gasteiger partial charge in [0.1, 0.15) is 4.21 Å². The highest BCUT2D eigenvalue weighted by Gasteiger charge is 2.30. The number of nitrogens with zero attached hydrogens (tertiary/aromatic N) is 1. The van der Waals surface area contributed by atoms with Gasteiger partial charge in [0.2, 0.25) is 0 Å². The molecule has 1 N–H and O–H groups in total. The van der Waals surface area contributed by atoms with E-state index in [4.69, 9.17) is 11.6 Å². The van der Waals surface area contributed by atoms with Crippen LogP contribution >= 0.6 is 22.9 Å². The van der Waals surface area contributed by atoms with E-state index >= 15 is 0 Å². The molecule has 0 aliphatic carbocycles. The lowest BCUT2D eigenvalue weighted by Crippen LogP contribution is -2.47. The summed E-state index contributed by atoms with van der Waals surface area (Å²) in [5.41, 5.74) is 0. The van der Waals surface area contributed by atoms with Gasteiger partial charge in [-0.25, -0.2) is 8.42 Å². The minimum atomic E-state index is -3.37. The maximum absolute atomic E-state index is 12.5. The second kappa shape index (κ2) is 6.54. The Morgan fingerprint density at radius 2 is 2.32 bits per heavy atom.